The predicted molar refractivity (Wildman–Crippen MR) is 93.1 cm³/mol. The molecule has 124 valence electrons. The average molecular weight is 323 g/mol. The standard InChI is InChI=1S/C20H21NO3/c1-13(2)21-17-7-5-4-6-16(17)20(24,19(21)23)12-18(22)15-10-8-14(3)9-11-15/h4-11,13,24H,12H2,1-3H3/t20-/m1/s1. The Morgan fingerprint density at radius 1 is 1.12 bits per heavy atom. The number of fused-ring (bicyclic) bond motifs is 1. The van der Waals surface area contributed by atoms with Gasteiger partial charge >= 0.3 is 0 Å². The van der Waals surface area contributed by atoms with Gasteiger partial charge in [-0.1, -0.05) is 48.0 Å². The highest BCUT2D eigenvalue weighted by Crippen LogP contribution is 2.43. The second-order valence-electron chi connectivity index (χ2n) is 6.61. The topological polar surface area (TPSA) is 57.6 Å². The summed E-state index contributed by atoms with van der Waals surface area (Å²) in [6.45, 7) is 5.73. The molecular formula is C20H21NO3. The quantitative estimate of drug-likeness (QED) is 0.879. The molecule has 1 heterocycles. The molecule has 0 unspecified atom stereocenters. The summed E-state index contributed by atoms with van der Waals surface area (Å²) in [5.74, 6) is -0.676. The molecule has 2 aromatic carbocycles. The van der Waals surface area contributed by atoms with Gasteiger partial charge < -0.3 is 10.0 Å². The van der Waals surface area contributed by atoms with Gasteiger partial charge in [-0.15, -0.1) is 0 Å². The third kappa shape index (κ3) is 2.53. The van der Waals surface area contributed by atoms with Gasteiger partial charge in [-0.05, 0) is 26.8 Å². The number of hydrogen-bond acceptors (Lipinski definition) is 3. The Kier molecular flexibility index (Phi) is 4.01. The first-order valence-corrected chi connectivity index (χ1v) is 8.10. The lowest BCUT2D eigenvalue weighted by atomic mass is 9.88. The molecule has 1 N–H and O–H groups in total. The largest absolute Gasteiger partial charge is 0.375 e. The molecule has 4 nitrogen and oxygen atoms in total. The van der Waals surface area contributed by atoms with Gasteiger partial charge in [0.2, 0.25) is 0 Å². The molecule has 3 rings (SSSR count). The Hall–Kier alpha value is -2.46. The summed E-state index contributed by atoms with van der Waals surface area (Å²) >= 11 is 0. The van der Waals surface area contributed by atoms with E-state index in [0.29, 0.717) is 16.8 Å². The zero-order chi connectivity index (χ0) is 17.5. The second-order valence-corrected chi connectivity index (χ2v) is 6.61. The predicted octanol–water partition coefficient (Wildman–Crippen LogP) is 3.21. The Labute approximate surface area is 141 Å². The number of benzene rings is 2. The summed E-state index contributed by atoms with van der Waals surface area (Å²) in [6.07, 6.45) is -0.255. The van der Waals surface area contributed by atoms with Crippen molar-refractivity contribution in [2.45, 2.75) is 38.8 Å². The maximum absolute atomic E-state index is 12.9. The molecule has 0 saturated heterocycles. The number of ketones is 1. The van der Waals surface area contributed by atoms with Crippen LogP contribution in [-0.2, 0) is 10.4 Å². The molecule has 0 aromatic heterocycles. The van der Waals surface area contributed by atoms with Crippen molar-refractivity contribution in [2.75, 3.05) is 4.90 Å². The summed E-state index contributed by atoms with van der Waals surface area (Å²) in [5.41, 5.74) is 0.935. The lowest BCUT2D eigenvalue weighted by molar-refractivity contribution is -0.136. The monoisotopic (exact) mass is 323 g/mol. The van der Waals surface area contributed by atoms with Crippen molar-refractivity contribution in [3.8, 4) is 0 Å². The van der Waals surface area contributed by atoms with Crippen molar-refractivity contribution in [1.29, 1.82) is 0 Å². The van der Waals surface area contributed by atoms with Crippen molar-refractivity contribution < 1.29 is 14.7 Å². The molecule has 1 aliphatic heterocycles. The summed E-state index contributed by atoms with van der Waals surface area (Å²) in [7, 11) is 0. The van der Waals surface area contributed by atoms with Crippen LogP contribution in [0.15, 0.2) is 48.5 Å². The Morgan fingerprint density at radius 2 is 1.75 bits per heavy atom. The highest BCUT2D eigenvalue weighted by molar-refractivity contribution is 6.11. The van der Waals surface area contributed by atoms with E-state index in [0.717, 1.165) is 5.56 Å². The lowest BCUT2D eigenvalue weighted by Crippen LogP contribution is -2.44. The lowest BCUT2D eigenvalue weighted by Gasteiger charge is -2.25. The molecule has 0 saturated carbocycles. The van der Waals surface area contributed by atoms with Crippen LogP contribution in [0.3, 0.4) is 0 Å². The number of Topliss-reactive ketones (excluding diaryl/α,β-unsaturated/α-hetero) is 1. The fourth-order valence-electron chi connectivity index (χ4n) is 3.21. The number of nitrogens with zero attached hydrogens (tertiary/aromatic N) is 1. The van der Waals surface area contributed by atoms with Gasteiger partial charge in [-0.2, -0.15) is 0 Å². The number of hydrogen-bond donors (Lipinski definition) is 1. The molecule has 1 amide bonds. The first-order valence-electron chi connectivity index (χ1n) is 8.10. The van der Waals surface area contributed by atoms with Gasteiger partial charge in [0.25, 0.3) is 5.91 Å². The normalized spacial score (nSPS) is 19.7. The van der Waals surface area contributed by atoms with Gasteiger partial charge in [0.05, 0.1) is 12.1 Å². The Balaban J connectivity index is 1.98. The van der Waals surface area contributed by atoms with Gasteiger partial charge in [0, 0.05) is 17.2 Å². The van der Waals surface area contributed by atoms with E-state index >= 15 is 0 Å². The highest BCUT2D eigenvalue weighted by atomic mass is 16.3. The summed E-state index contributed by atoms with van der Waals surface area (Å²) in [6, 6.07) is 14.2. The fourth-order valence-corrected chi connectivity index (χ4v) is 3.21. The third-order valence-corrected chi connectivity index (χ3v) is 4.49. The van der Waals surface area contributed by atoms with E-state index in [4.69, 9.17) is 0 Å². The van der Waals surface area contributed by atoms with Crippen LogP contribution in [0.1, 0.15) is 41.8 Å². The molecule has 2 aromatic rings. The molecule has 1 aliphatic rings. The Bertz CT molecular complexity index is 795. The van der Waals surface area contributed by atoms with Crippen LogP contribution in [0, 0.1) is 6.92 Å². The molecule has 24 heavy (non-hydrogen) atoms. The average Bonchev–Trinajstić information content (AvgIpc) is 2.76. The van der Waals surface area contributed by atoms with Crippen LogP contribution in [-0.4, -0.2) is 22.8 Å². The first kappa shape index (κ1) is 16.4. The van der Waals surface area contributed by atoms with Crippen molar-refractivity contribution in [3.63, 3.8) is 0 Å². The molecule has 0 spiro atoms. The van der Waals surface area contributed by atoms with E-state index in [1.165, 1.54) is 0 Å². The van der Waals surface area contributed by atoms with Gasteiger partial charge in [-0.3, -0.25) is 9.59 Å². The van der Waals surface area contributed by atoms with Crippen molar-refractivity contribution >= 4 is 17.4 Å². The Morgan fingerprint density at radius 3 is 2.38 bits per heavy atom. The molecule has 0 bridgehead atoms. The van der Waals surface area contributed by atoms with Crippen LogP contribution < -0.4 is 4.90 Å². The van der Waals surface area contributed by atoms with E-state index in [9.17, 15) is 14.7 Å². The van der Waals surface area contributed by atoms with E-state index < -0.39 is 11.5 Å². The number of anilines is 1. The van der Waals surface area contributed by atoms with Crippen LogP contribution in [0.4, 0.5) is 5.69 Å². The number of carbonyl (C=O) groups excluding carboxylic acids is 2. The molecule has 0 aliphatic carbocycles. The molecular weight excluding hydrogens is 302 g/mol. The van der Waals surface area contributed by atoms with E-state index in [2.05, 4.69) is 0 Å². The molecule has 1 atom stereocenters. The van der Waals surface area contributed by atoms with Crippen molar-refractivity contribution in [3.05, 3.63) is 65.2 Å². The van der Waals surface area contributed by atoms with Crippen LogP contribution in [0.25, 0.3) is 0 Å². The third-order valence-electron chi connectivity index (χ3n) is 4.49. The number of amides is 1. The van der Waals surface area contributed by atoms with E-state index in [1.807, 2.05) is 45.0 Å². The minimum absolute atomic E-state index is 0.0952. The van der Waals surface area contributed by atoms with Crippen molar-refractivity contribution in [1.82, 2.24) is 0 Å². The summed E-state index contributed by atoms with van der Waals surface area (Å²) in [4.78, 5) is 27.1. The molecule has 0 radical (unpaired) electrons. The van der Waals surface area contributed by atoms with Crippen LogP contribution in [0.2, 0.25) is 0 Å². The minimum atomic E-state index is -1.80. The zero-order valence-corrected chi connectivity index (χ0v) is 14.1. The maximum atomic E-state index is 12.9. The SMILES string of the molecule is Cc1ccc(C(=O)C[C@]2(O)C(=O)N(C(C)C)c3ccccc32)cc1. The highest BCUT2D eigenvalue weighted by Gasteiger charge is 2.51. The second kappa shape index (κ2) is 5.87. The van der Waals surface area contributed by atoms with Crippen molar-refractivity contribution in [2.24, 2.45) is 0 Å². The summed E-state index contributed by atoms with van der Waals surface area (Å²) in [5, 5.41) is 11.1. The smallest absolute Gasteiger partial charge is 0.264 e. The van der Waals surface area contributed by atoms with Gasteiger partial charge in [0.1, 0.15) is 0 Å². The maximum Gasteiger partial charge on any atom is 0.264 e. The van der Waals surface area contributed by atoms with Gasteiger partial charge in [-0.25, -0.2) is 0 Å². The number of rotatable bonds is 4. The van der Waals surface area contributed by atoms with E-state index in [-0.39, 0.29) is 18.2 Å². The number of aryl methyl sites for hydroxylation is 1. The fraction of sp³-hybridized carbons (Fsp3) is 0.300. The van der Waals surface area contributed by atoms with E-state index in [1.54, 1.807) is 29.2 Å². The van der Waals surface area contributed by atoms with Gasteiger partial charge in [0.15, 0.2) is 11.4 Å². The number of carbonyl (C=O) groups is 2. The molecule has 0 fully saturated rings. The number of para-hydroxylation sites is 1. The summed E-state index contributed by atoms with van der Waals surface area (Å²) < 4.78 is 0. The first-order chi connectivity index (χ1) is 11.3. The minimum Gasteiger partial charge on any atom is -0.375 e. The zero-order valence-electron chi connectivity index (χ0n) is 14.1. The molecule has 4 heteroatoms. The van der Waals surface area contributed by atoms with Crippen LogP contribution in [0.5, 0.6) is 0 Å². The van der Waals surface area contributed by atoms with Crippen LogP contribution >= 0.6 is 0 Å². The number of aliphatic hydroxyl groups is 1.